The summed E-state index contributed by atoms with van der Waals surface area (Å²) in [5, 5.41) is 18.1. The Kier molecular flexibility index (Phi) is 9.20. The van der Waals surface area contributed by atoms with Gasteiger partial charge in [-0.2, -0.15) is 4.99 Å². The Morgan fingerprint density at radius 1 is 1.32 bits per heavy atom. The number of hydrogen-bond acceptors (Lipinski definition) is 6. The van der Waals surface area contributed by atoms with E-state index in [0.717, 1.165) is 11.1 Å². The number of guanidine groups is 1. The maximum atomic E-state index is 12.8. The summed E-state index contributed by atoms with van der Waals surface area (Å²) in [6.45, 7) is 1.38. The van der Waals surface area contributed by atoms with E-state index in [-0.39, 0.29) is 36.4 Å². The number of phenolic OH excluding ortho intramolecular Hbond substituents is 1. The van der Waals surface area contributed by atoms with Crippen LogP contribution in [0.2, 0.25) is 0 Å². The summed E-state index contributed by atoms with van der Waals surface area (Å²) in [6.07, 6.45) is 3.17. The van der Waals surface area contributed by atoms with Crippen molar-refractivity contribution in [2.75, 3.05) is 41.0 Å². The first-order valence-electron chi connectivity index (χ1n) is 10.1. The highest BCUT2D eigenvalue weighted by molar-refractivity contribution is 6.15. The van der Waals surface area contributed by atoms with Gasteiger partial charge in [0.15, 0.2) is 0 Å². The topological polar surface area (TPSA) is 116 Å². The number of benzene rings is 1. The van der Waals surface area contributed by atoms with E-state index in [1.54, 1.807) is 42.2 Å². The SMILES string of the molecule is COCCN(C)C(=N)/N=C1\C(=C\c2cccc(O)c2)CCN1C(=O)CCCC(=O)OC. The van der Waals surface area contributed by atoms with Gasteiger partial charge in [0.05, 0.1) is 13.7 Å². The molecule has 0 aliphatic carbocycles. The zero-order valence-electron chi connectivity index (χ0n) is 18.3. The van der Waals surface area contributed by atoms with E-state index < -0.39 is 0 Å². The number of likely N-dealkylation sites (tertiary alicyclic amines) is 1. The number of aromatic hydroxyl groups is 1. The second-order valence-electron chi connectivity index (χ2n) is 7.16. The monoisotopic (exact) mass is 430 g/mol. The molecule has 0 saturated carbocycles. The minimum atomic E-state index is -0.353. The van der Waals surface area contributed by atoms with Crippen molar-refractivity contribution >= 4 is 29.7 Å². The molecular weight excluding hydrogens is 400 g/mol. The summed E-state index contributed by atoms with van der Waals surface area (Å²) < 4.78 is 9.67. The van der Waals surface area contributed by atoms with E-state index in [0.29, 0.717) is 38.4 Å². The van der Waals surface area contributed by atoms with Crippen LogP contribution in [0, 0.1) is 5.41 Å². The third-order valence-electron chi connectivity index (χ3n) is 4.86. The van der Waals surface area contributed by atoms with Gasteiger partial charge in [-0.05, 0) is 42.2 Å². The molecule has 1 fully saturated rings. The minimum absolute atomic E-state index is 0.0168. The van der Waals surface area contributed by atoms with Gasteiger partial charge in [0.25, 0.3) is 0 Å². The van der Waals surface area contributed by atoms with E-state index in [1.807, 2.05) is 12.1 Å². The van der Waals surface area contributed by atoms with Crippen LogP contribution in [0.1, 0.15) is 31.2 Å². The Morgan fingerprint density at radius 2 is 2.10 bits per heavy atom. The number of aliphatic imine (C=N–C) groups is 1. The molecular formula is C22H30N4O5. The Hall–Kier alpha value is -3.20. The molecule has 0 bridgehead atoms. The number of ether oxygens (including phenoxy) is 2. The predicted octanol–water partition coefficient (Wildman–Crippen LogP) is 2.26. The third kappa shape index (κ3) is 7.21. The first-order chi connectivity index (χ1) is 14.8. The molecule has 0 radical (unpaired) electrons. The number of likely N-dealkylation sites (N-methyl/N-ethyl adjacent to an activating group) is 1. The lowest BCUT2D eigenvalue weighted by Gasteiger charge is -2.20. The molecule has 9 nitrogen and oxygen atoms in total. The van der Waals surface area contributed by atoms with Crippen molar-refractivity contribution in [2.45, 2.75) is 25.7 Å². The Morgan fingerprint density at radius 3 is 2.77 bits per heavy atom. The highest BCUT2D eigenvalue weighted by Crippen LogP contribution is 2.24. The maximum absolute atomic E-state index is 12.8. The van der Waals surface area contributed by atoms with Gasteiger partial charge in [-0.1, -0.05) is 12.1 Å². The third-order valence-corrected chi connectivity index (χ3v) is 4.86. The van der Waals surface area contributed by atoms with Crippen LogP contribution in [0.5, 0.6) is 5.75 Å². The van der Waals surface area contributed by atoms with Gasteiger partial charge < -0.3 is 19.5 Å². The minimum Gasteiger partial charge on any atom is -0.508 e. The van der Waals surface area contributed by atoms with E-state index >= 15 is 0 Å². The lowest BCUT2D eigenvalue weighted by atomic mass is 10.1. The standard InChI is InChI=1S/C22H30N4O5/c1-25(12-13-30-2)22(23)24-21-17(14-16-6-4-7-18(27)15-16)10-11-26(21)19(28)8-5-9-20(29)31-3/h4,6-7,14-15,23,27H,5,8-13H2,1-3H3/b17-14+,23-22?,24-21+. The molecule has 1 heterocycles. The van der Waals surface area contributed by atoms with Gasteiger partial charge in [-0.3, -0.25) is 19.9 Å². The Bertz CT molecular complexity index is 865. The van der Waals surface area contributed by atoms with Crippen LogP contribution in [0.15, 0.2) is 34.8 Å². The van der Waals surface area contributed by atoms with E-state index in [1.165, 1.54) is 7.11 Å². The van der Waals surface area contributed by atoms with Gasteiger partial charge in [-0.15, -0.1) is 0 Å². The number of nitrogens with one attached hydrogen (secondary N) is 1. The lowest BCUT2D eigenvalue weighted by molar-refractivity contribution is -0.140. The highest BCUT2D eigenvalue weighted by atomic mass is 16.5. The molecule has 2 N–H and O–H groups in total. The second kappa shape index (κ2) is 11.8. The van der Waals surface area contributed by atoms with Crippen molar-refractivity contribution in [2.24, 2.45) is 4.99 Å². The molecule has 1 aromatic rings. The van der Waals surface area contributed by atoms with E-state index in [9.17, 15) is 14.7 Å². The van der Waals surface area contributed by atoms with Gasteiger partial charge >= 0.3 is 5.97 Å². The van der Waals surface area contributed by atoms with Crippen molar-refractivity contribution in [3.8, 4) is 5.75 Å². The number of carbonyl (C=O) groups excluding carboxylic acids is 2. The zero-order chi connectivity index (χ0) is 22.8. The van der Waals surface area contributed by atoms with Crippen LogP contribution >= 0.6 is 0 Å². The summed E-state index contributed by atoms with van der Waals surface area (Å²) in [5.41, 5.74) is 1.58. The van der Waals surface area contributed by atoms with Gasteiger partial charge in [-0.25, -0.2) is 0 Å². The molecule has 0 atom stereocenters. The van der Waals surface area contributed by atoms with E-state index in [4.69, 9.17) is 10.1 Å². The van der Waals surface area contributed by atoms with Gasteiger partial charge in [0.2, 0.25) is 11.9 Å². The average Bonchev–Trinajstić information content (AvgIpc) is 3.13. The summed E-state index contributed by atoms with van der Waals surface area (Å²) in [4.78, 5) is 31.8. The number of rotatable bonds is 8. The van der Waals surface area contributed by atoms with Crippen LogP contribution < -0.4 is 0 Å². The van der Waals surface area contributed by atoms with Crippen molar-refractivity contribution in [3.63, 3.8) is 0 Å². The quantitative estimate of drug-likeness (QED) is 0.371. The molecule has 0 spiro atoms. The summed E-state index contributed by atoms with van der Waals surface area (Å²) in [5.74, 6) is 0.0702. The smallest absolute Gasteiger partial charge is 0.305 e. The van der Waals surface area contributed by atoms with Crippen molar-refractivity contribution in [3.05, 3.63) is 35.4 Å². The predicted molar refractivity (Wildman–Crippen MR) is 118 cm³/mol. The lowest BCUT2D eigenvalue weighted by Crippen LogP contribution is -2.35. The highest BCUT2D eigenvalue weighted by Gasteiger charge is 2.29. The maximum Gasteiger partial charge on any atom is 0.305 e. The molecule has 168 valence electrons. The first kappa shape index (κ1) is 24.1. The molecule has 2 rings (SSSR count). The van der Waals surface area contributed by atoms with Crippen LogP contribution in [0.25, 0.3) is 6.08 Å². The fourth-order valence-corrected chi connectivity index (χ4v) is 3.09. The number of amidine groups is 1. The van der Waals surface area contributed by atoms with Crippen molar-refractivity contribution in [1.82, 2.24) is 9.80 Å². The van der Waals surface area contributed by atoms with Crippen LogP contribution in [-0.4, -0.2) is 79.5 Å². The van der Waals surface area contributed by atoms with Crippen LogP contribution in [0.3, 0.4) is 0 Å². The molecule has 1 saturated heterocycles. The number of methoxy groups -OCH3 is 2. The number of carbonyl (C=O) groups is 2. The van der Waals surface area contributed by atoms with Crippen LogP contribution in [-0.2, 0) is 19.1 Å². The summed E-state index contributed by atoms with van der Waals surface area (Å²) in [6, 6.07) is 6.80. The largest absolute Gasteiger partial charge is 0.508 e. The summed E-state index contributed by atoms with van der Waals surface area (Å²) in [7, 11) is 4.65. The zero-order valence-corrected chi connectivity index (χ0v) is 18.3. The molecule has 0 unspecified atom stereocenters. The number of nitrogens with zero attached hydrogens (tertiary/aromatic N) is 3. The molecule has 9 heteroatoms. The number of hydrogen-bond donors (Lipinski definition) is 2. The Balaban J connectivity index is 2.25. The number of phenols is 1. The fraction of sp³-hybridized carbons (Fsp3) is 0.455. The van der Waals surface area contributed by atoms with Crippen LogP contribution in [0.4, 0.5) is 0 Å². The molecule has 1 aliphatic rings. The average molecular weight is 431 g/mol. The molecule has 1 amide bonds. The Labute approximate surface area is 182 Å². The molecule has 1 aromatic carbocycles. The molecule has 0 aromatic heterocycles. The first-order valence-corrected chi connectivity index (χ1v) is 10.1. The van der Waals surface area contributed by atoms with Gasteiger partial charge in [0, 0.05) is 40.1 Å². The summed E-state index contributed by atoms with van der Waals surface area (Å²) >= 11 is 0. The van der Waals surface area contributed by atoms with Crippen molar-refractivity contribution < 1.29 is 24.2 Å². The number of esters is 1. The van der Waals surface area contributed by atoms with Gasteiger partial charge in [0.1, 0.15) is 11.6 Å². The normalized spacial score (nSPS) is 16.0. The van der Waals surface area contributed by atoms with E-state index in [2.05, 4.69) is 9.73 Å². The molecule has 31 heavy (non-hydrogen) atoms. The molecule has 1 aliphatic heterocycles. The second-order valence-corrected chi connectivity index (χ2v) is 7.16. The van der Waals surface area contributed by atoms with Crippen molar-refractivity contribution in [1.29, 1.82) is 5.41 Å². The fourth-order valence-electron chi connectivity index (χ4n) is 3.09. The number of amides is 1.